The van der Waals surface area contributed by atoms with Crippen LogP contribution in [0.15, 0.2) is 29.2 Å². The third-order valence-electron chi connectivity index (χ3n) is 3.71. The monoisotopic (exact) mass is 252 g/mol. The summed E-state index contributed by atoms with van der Waals surface area (Å²) in [5.41, 5.74) is 1.07. The number of fused-ring (bicyclic) bond motifs is 1. The fraction of sp³-hybridized carbons (Fsp3) is 0.500. The number of hydrogen-bond acceptors (Lipinski definition) is 3. The van der Waals surface area contributed by atoms with Crippen LogP contribution in [-0.2, 0) is 10.0 Å². The average molecular weight is 252 g/mol. The van der Waals surface area contributed by atoms with Crippen molar-refractivity contribution < 1.29 is 8.42 Å². The van der Waals surface area contributed by atoms with E-state index >= 15 is 0 Å². The van der Waals surface area contributed by atoms with Gasteiger partial charge in [-0.3, -0.25) is 0 Å². The summed E-state index contributed by atoms with van der Waals surface area (Å²) < 4.78 is 27.0. The summed E-state index contributed by atoms with van der Waals surface area (Å²) in [6, 6.07) is 7.11. The first kappa shape index (κ1) is 11.2. The molecule has 0 bridgehead atoms. The Balaban J connectivity index is 1.75. The number of piperidine rings is 1. The maximum atomic E-state index is 12.1. The summed E-state index contributed by atoms with van der Waals surface area (Å²) in [5, 5.41) is 3.25. The van der Waals surface area contributed by atoms with Crippen LogP contribution in [0.5, 0.6) is 0 Å². The molecule has 2 atom stereocenters. The highest BCUT2D eigenvalue weighted by atomic mass is 32.2. The van der Waals surface area contributed by atoms with Gasteiger partial charge in [-0.15, -0.1) is 0 Å². The normalized spacial score (nSPS) is 31.2. The molecule has 0 radical (unpaired) electrons. The van der Waals surface area contributed by atoms with Crippen LogP contribution in [0.1, 0.15) is 5.56 Å². The van der Waals surface area contributed by atoms with Crippen molar-refractivity contribution in [2.75, 3.05) is 13.1 Å². The third-order valence-corrected chi connectivity index (χ3v) is 5.19. The molecular weight excluding hydrogens is 236 g/mol. The Morgan fingerprint density at radius 3 is 2.35 bits per heavy atom. The number of hydrogen-bond donors (Lipinski definition) is 2. The Morgan fingerprint density at radius 2 is 1.76 bits per heavy atom. The zero-order valence-corrected chi connectivity index (χ0v) is 10.5. The highest BCUT2D eigenvalue weighted by Gasteiger charge is 2.54. The predicted octanol–water partition coefficient (Wildman–Crippen LogP) is 0.491. The fourth-order valence-electron chi connectivity index (χ4n) is 2.56. The molecule has 2 unspecified atom stereocenters. The van der Waals surface area contributed by atoms with E-state index in [0.29, 0.717) is 16.7 Å². The van der Waals surface area contributed by atoms with E-state index in [0.717, 1.165) is 18.7 Å². The van der Waals surface area contributed by atoms with E-state index in [1.54, 1.807) is 12.1 Å². The lowest BCUT2D eigenvalue weighted by Crippen LogP contribution is -2.32. The quantitative estimate of drug-likeness (QED) is 0.823. The van der Waals surface area contributed by atoms with Crippen molar-refractivity contribution >= 4 is 10.0 Å². The smallest absolute Gasteiger partial charge is 0.240 e. The summed E-state index contributed by atoms with van der Waals surface area (Å²) in [4.78, 5) is 0.362. The zero-order valence-electron chi connectivity index (χ0n) is 9.68. The van der Waals surface area contributed by atoms with E-state index < -0.39 is 10.0 Å². The minimum absolute atomic E-state index is 0.141. The second kappa shape index (κ2) is 3.80. The van der Waals surface area contributed by atoms with E-state index in [-0.39, 0.29) is 6.04 Å². The molecular formula is C12H16N2O2S. The van der Waals surface area contributed by atoms with Crippen molar-refractivity contribution in [2.24, 2.45) is 11.8 Å². The van der Waals surface area contributed by atoms with E-state index in [9.17, 15) is 8.42 Å². The molecule has 1 saturated carbocycles. The molecule has 2 aliphatic rings. The number of sulfonamides is 1. The average Bonchev–Trinajstić information content (AvgIpc) is 2.75. The van der Waals surface area contributed by atoms with Crippen LogP contribution >= 0.6 is 0 Å². The topological polar surface area (TPSA) is 58.2 Å². The summed E-state index contributed by atoms with van der Waals surface area (Å²) in [5.74, 6) is 0.991. The second-order valence-corrected chi connectivity index (χ2v) is 6.66. The van der Waals surface area contributed by atoms with Crippen LogP contribution in [0.25, 0.3) is 0 Å². The molecule has 1 saturated heterocycles. The minimum atomic E-state index is -3.33. The molecule has 3 rings (SSSR count). The van der Waals surface area contributed by atoms with E-state index in [1.165, 1.54) is 0 Å². The lowest BCUT2D eigenvalue weighted by atomic mass is 10.2. The molecule has 0 amide bonds. The van der Waals surface area contributed by atoms with Crippen LogP contribution in [0.3, 0.4) is 0 Å². The van der Waals surface area contributed by atoms with Crippen molar-refractivity contribution in [3.63, 3.8) is 0 Å². The van der Waals surface area contributed by atoms with Gasteiger partial charge in [0.1, 0.15) is 0 Å². The summed E-state index contributed by atoms with van der Waals surface area (Å²) >= 11 is 0. The Morgan fingerprint density at radius 1 is 1.18 bits per heavy atom. The van der Waals surface area contributed by atoms with Gasteiger partial charge in [-0.25, -0.2) is 13.1 Å². The molecule has 17 heavy (non-hydrogen) atoms. The molecule has 1 aliphatic heterocycles. The molecule has 1 aromatic carbocycles. The van der Waals surface area contributed by atoms with E-state index in [1.807, 2.05) is 19.1 Å². The highest BCUT2D eigenvalue weighted by Crippen LogP contribution is 2.42. The summed E-state index contributed by atoms with van der Waals surface area (Å²) in [6.45, 7) is 3.82. The third kappa shape index (κ3) is 1.99. The lowest BCUT2D eigenvalue weighted by Gasteiger charge is -2.09. The number of benzene rings is 1. The molecule has 5 heteroatoms. The number of aryl methyl sites for hydroxylation is 1. The molecule has 0 spiro atoms. The summed E-state index contributed by atoms with van der Waals surface area (Å²) in [6.07, 6.45) is 0. The van der Waals surface area contributed by atoms with Crippen LogP contribution in [0.2, 0.25) is 0 Å². The zero-order chi connectivity index (χ0) is 12.0. The van der Waals surface area contributed by atoms with Gasteiger partial charge in [0.25, 0.3) is 0 Å². The van der Waals surface area contributed by atoms with E-state index in [2.05, 4.69) is 10.0 Å². The Bertz CT molecular complexity index is 514. The molecule has 1 aromatic rings. The standard InChI is InChI=1S/C12H16N2O2S/c1-8-2-4-9(5-3-8)17(15,16)14-12-10-6-13-7-11(10)12/h2-5,10-14H,6-7H2,1H3. The van der Waals surface area contributed by atoms with Gasteiger partial charge in [0.2, 0.25) is 10.0 Å². The van der Waals surface area contributed by atoms with Gasteiger partial charge in [0.05, 0.1) is 4.90 Å². The van der Waals surface area contributed by atoms with Crippen molar-refractivity contribution in [3.05, 3.63) is 29.8 Å². The van der Waals surface area contributed by atoms with Crippen LogP contribution in [0.4, 0.5) is 0 Å². The SMILES string of the molecule is Cc1ccc(S(=O)(=O)NC2C3CNCC32)cc1. The Labute approximate surface area is 101 Å². The molecule has 4 nitrogen and oxygen atoms in total. The summed E-state index contributed by atoms with van der Waals surface area (Å²) in [7, 11) is -3.33. The van der Waals surface area contributed by atoms with Gasteiger partial charge in [-0.05, 0) is 44.0 Å². The van der Waals surface area contributed by atoms with Crippen molar-refractivity contribution in [1.82, 2.24) is 10.0 Å². The van der Waals surface area contributed by atoms with Gasteiger partial charge < -0.3 is 5.32 Å². The first-order chi connectivity index (χ1) is 8.08. The first-order valence-corrected chi connectivity index (χ1v) is 7.36. The van der Waals surface area contributed by atoms with Gasteiger partial charge in [-0.2, -0.15) is 0 Å². The number of nitrogens with one attached hydrogen (secondary N) is 2. The van der Waals surface area contributed by atoms with E-state index in [4.69, 9.17) is 0 Å². The molecule has 0 aromatic heterocycles. The number of rotatable bonds is 3. The highest BCUT2D eigenvalue weighted by molar-refractivity contribution is 7.89. The van der Waals surface area contributed by atoms with Crippen LogP contribution in [0, 0.1) is 18.8 Å². The first-order valence-electron chi connectivity index (χ1n) is 5.88. The van der Waals surface area contributed by atoms with Crippen LogP contribution in [-0.4, -0.2) is 27.5 Å². The largest absolute Gasteiger partial charge is 0.316 e. The molecule has 1 aliphatic carbocycles. The van der Waals surface area contributed by atoms with Gasteiger partial charge in [-0.1, -0.05) is 17.7 Å². The predicted molar refractivity (Wildman–Crippen MR) is 65.1 cm³/mol. The maximum Gasteiger partial charge on any atom is 0.240 e. The molecule has 2 N–H and O–H groups in total. The molecule has 92 valence electrons. The van der Waals surface area contributed by atoms with Crippen molar-refractivity contribution in [2.45, 2.75) is 17.9 Å². The molecule has 1 heterocycles. The second-order valence-electron chi connectivity index (χ2n) is 4.95. The Hall–Kier alpha value is -0.910. The molecule has 2 fully saturated rings. The maximum absolute atomic E-state index is 12.1. The van der Waals surface area contributed by atoms with Crippen molar-refractivity contribution in [3.8, 4) is 0 Å². The van der Waals surface area contributed by atoms with Crippen molar-refractivity contribution in [1.29, 1.82) is 0 Å². The Kier molecular flexibility index (Phi) is 2.50. The van der Waals surface area contributed by atoms with Gasteiger partial charge in [0, 0.05) is 6.04 Å². The van der Waals surface area contributed by atoms with Gasteiger partial charge >= 0.3 is 0 Å². The van der Waals surface area contributed by atoms with Gasteiger partial charge in [0.15, 0.2) is 0 Å². The fourth-order valence-corrected chi connectivity index (χ4v) is 3.90. The lowest BCUT2D eigenvalue weighted by molar-refractivity contribution is 0.565. The minimum Gasteiger partial charge on any atom is -0.316 e. The van der Waals surface area contributed by atoms with Crippen LogP contribution < -0.4 is 10.0 Å².